The number of carbonyl (C=O) groups is 1. The van der Waals surface area contributed by atoms with Gasteiger partial charge in [-0.15, -0.1) is 5.10 Å². The molecule has 0 spiro atoms. The SMILES string of the molecule is COC(=O)C1(Oc2ccccc2C)CCN(c2cnnc(Cl)c2)CC1. The van der Waals surface area contributed by atoms with Gasteiger partial charge in [0.25, 0.3) is 0 Å². The highest BCUT2D eigenvalue weighted by Gasteiger charge is 2.45. The minimum Gasteiger partial charge on any atom is -0.475 e. The molecule has 132 valence electrons. The van der Waals surface area contributed by atoms with E-state index in [0.717, 1.165) is 11.3 Å². The highest BCUT2D eigenvalue weighted by molar-refractivity contribution is 6.29. The third-order valence-corrected chi connectivity index (χ3v) is 4.69. The van der Waals surface area contributed by atoms with Crippen molar-refractivity contribution in [3.63, 3.8) is 0 Å². The number of nitrogens with zero attached hydrogens (tertiary/aromatic N) is 3. The molecule has 7 heteroatoms. The Morgan fingerprint density at radius 1 is 1.28 bits per heavy atom. The fraction of sp³-hybridized carbons (Fsp3) is 0.389. The molecule has 0 atom stereocenters. The Balaban J connectivity index is 1.80. The van der Waals surface area contributed by atoms with Crippen LogP contribution in [0.3, 0.4) is 0 Å². The van der Waals surface area contributed by atoms with Gasteiger partial charge in [-0.2, -0.15) is 5.10 Å². The molecule has 1 aromatic carbocycles. The van der Waals surface area contributed by atoms with Crippen molar-refractivity contribution >= 4 is 23.3 Å². The second-order valence-electron chi connectivity index (χ2n) is 6.08. The van der Waals surface area contributed by atoms with Crippen LogP contribution in [0.5, 0.6) is 5.75 Å². The first-order valence-electron chi connectivity index (χ1n) is 8.10. The van der Waals surface area contributed by atoms with Crippen LogP contribution in [-0.4, -0.2) is 42.0 Å². The highest BCUT2D eigenvalue weighted by Crippen LogP contribution is 2.33. The standard InChI is InChI=1S/C18H20ClN3O3/c1-13-5-3-4-6-15(13)25-18(17(23)24-2)7-9-22(10-8-18)14-11-16(19)21-20-12-14/h3-6,11-12H,7-10H2,1-2H3. The molecular formula is C18H20ClN3O3. The number of hydrogen-bond acceptors (Lipinski definition) is 6. The molecule has 0 unspecified atom stereocenters. The van der Waals surface area contributed by atoms with E-state index in [2.05, 4.69) is 15.1 Å². The van der Waals surface area contributed by atoms with Crippen molar-refractivity contribution in [3.8, 4) is 5.75 Å². The summed E-state index contributed by atoms with van der Waals surface area (Å²) in [6.45, 7) is 3.21. The maximum absolute atomic E-state index is 12.5. The third kappa shape index (κ3) is 3.69. The molecule has 0 aliphatic carbocycles. The number of piperidine rings is 1. The molecule has 2 heterocycles. The smallest absolute Gasteiger partial charge is 0.350 e. The lowest BCUT2D eigenvalue weighted by atomic mass is 9.90. The van der Waals surface area contributed by atoms with Crippen molar-refractivity contribution in [2.75, 3.05) is 25.1 Å². The van der Waals surface area contributed by atoms with Gasteiger partial charge in [-0.1, -0.05) is 29.8 Å². The van der Waals surface area contributed by atoms with Crippen LogP contribution in [-0.2, 0) is 9.53 Å². The van der Waals surface area contributed by atoms with E-state index in [9.17, 15) is 4.79 Å². The van der Waals surface area contributed by atoms with Gasteiger partial charge in [-0.3, -0.25) is 0 Å². The number of esters is 1. The number of benzene rings is 1. The summed E-state index contributed by atoms with van der Waals surface area (Å²) in [7, 11) is 1.39. The Morgan fingerprint density at radius 3 is 2.64 bits per heavy atom. The summed E-state index contributed by atoms with van der Waals surface area (Å²) >= 11 is 5.92. The Labute approximate surface area is 151 Å². The van der Waals surface area contributed by atoms with E-state index < -0.39 is 5.60 Å². The van der Waals surface area contributed by atoms with Crippen LogP contribution >= 0.6 is 11.6 Å². The molecule has 1 aliphatic rings. The van der Waals surface area contributed by atoms with Crippen LogP contribution in [0.1, 0.15) is 18.4 Å². The molecule has 1 aliphatic heterocycles. The molecule has 1 saturated heterocycles. The van der Waals surface area contributed by atoms with Gasteiger partial charge in [0.1, 0.15) is 5.75 Å². The van der Waals surface area contributed by atoms with Crippen molar-refractivity contribution in [1.82, 2.24) is 10.2 Å². The summed E-state index contributed by atoms with van der Waals surface area (Å²) in [5.74, 6) is 0.358. The maximum atomic E-state index is 12.5. The zero-order valence-electron chi connectivity index (χ0n) is 14.2. The summed E-state index contributed by atoms with van der Waals surface area (Å²) in [6, 6.07) is 9.43. The lowest BCUT2D eigenvalue weighted by Gasteiger charge is -2.40. The topological polar surface area (TPSA) is 64.6 Å². The number of rotatable bonds is 4. The summed E-state index contributed by atoms with van der Waals surface area (Å²) in [4.78, 5) is 14.6. The van der Waals surface area contributed by atoms with E-state index in [1.807, 2.05) is 31.2 Å². The number of aryl methyl sites for hydroxylation is 1. The number of hydrogen-bond donors (Lipinski definition) is 0. The van der Waals surface area contributed by atoms with Gasteiger partial charge in [0.2, 0.25) is 5.60 Å². The molecule has 0 radical (unpaired) electrons. The van der Waals surface area contributed by atoms with Crippen LogP contribution in [0.15, 0.2) is 36.5 Å². The Hall–Kier alpha value is -2.34. The Bertz CT molecular complexity index is 761. The van der Waals surface area contributed by atoms with E-state index in [1.165, 1.54) is 7.11 Å². The summed E-state index contributed by atoms with van der Waals surface area (Å²) < 4.78 is 11.2. The molecule has 0 amide bonds. The second-order valence-corrected chi connectivity index (χ2v) is 6.46. The minimum atomic E-state index is -0.985. The van der Waals surface area contributed by atoms with Crippen LogP contribution in [0.2, 0.25) is 5.15 Å². The molecule has 0 N–H and O–H groups in total. The van der Waals surface area contributed by atoms with Crippen molar-refractivity contribution in [2.45, 2.75) is 25.4 Å². The van der Waals surface area contributed by atoms with Gasteiger partial charge in [-0.25, -0.2) is 4.79 Å². The van der Waals surface area contributed by atoms with Gasteiger partial charge in [-0.05, 0) is 18.6 Å². The number of methoxy groups -OCH3 is 1. The lowest BCUT2D eigenvalue weighted by Crippen LogP contribution is -2.54. The zero-order chi connectivity index (χ0) is 17.9. The number of para-hydroxylation sites is 1. The molecule has 3 rings (SSSR count). The van der Waals surface area contributed by atoms with Crippen molar-refractivity contribution in [3.05, 3.63) is 47.2 Å². The minimum absolute atomic E-state index is 0.346. The molecule has 2 aromatic rings. The maximum Gasteiger partial charge on any atom is 0.350 e. The predicted octanol–water partition coefficient (Wildman–Crippen LogP) is 3.03. The Morgan fingerprint density at radius 2 is 2.00 bits per heavy atom. The van der Waals surface area contributed by atoms with Gasteiger partial charge >= 0.3 is 5.97 Å². The van der Waals surface area contributed by atoms with Gasteiger partial charge in [0, 0.05) is 32.0 Å². The summed E-state index contributed by atoms with van der Waals surface area (Å²) in [5.41, 5.74) is 0.884. The van der Waals surface area contributed by atoms with Crippen LogP contribution in [0.4, 0.5) is 5.69 Å². The third-order valence-electron chi connectivity index (χ3n) is 4.50. The number of anilines is 1. The van der Waals surface area contributed by atoms with E-state index in [1.54, 1.807) is 12.3 Å². The quantitative estimate of drug-likeness (QED) is 0.780. The first-order chi connectivity index (χ1) is 12.0. The van der Waals surface area contributed by atoms with Gasteiger partial charge in [0.15, 0.2) is 5.15 Å². The van der Waals surface area contributed by atoms with Crippen LogP contribution in [0, 0.1) is 6.92 Å². The highest BCUT2D eigenvalue weighted by atomic mass is 35.5. The molecule has 6 nitrogen and oxygen atoms in total. The number of ether oxygens (including phenoxy) is 2. The fourth-order valence-electron chi connectivity index (χ4n) is 3.05. The summed E-state index contributed by atoms with van der Waals surface area (Å²) in [5, 5.41) is 7.99. The normalized spacial score (nSPS) is 16.4. The number of aromatic nitrogens is 2. The molecule has 1 aromatic heterocycles. The summed E-state index contributed by atoms with van der Waals surface area (Å²) in [6.07, 6.45) is 2.68. The predicted molar refractivity (Wildman–Crippen MR) is 95.0 cm³/mol. The van der Waals surface area contributed by atoms with Gasteiger partial charge in [0.05, 0.1) is 19.0 Å². The van der Waals surface area contributed by atoms with E-state index in [0.29, 0.717) is 36.8 Å². The van der Waals surface area contributed by atoms with E-state index in [4.69, 9.17) is 21.1 Å². The number of carbonyl (C=O) groups excluding carboxylic acids is 1. The molecule has 0 saturated carbocycles. The molecular weight excluding hydrogens is 342 g/mol. The van der Waals surface area contributed by atoms with Crippen molar-refractivity contribution in [1.29, 1.82) is 0 Å². The average Bonchev–Trinajstić information content (AvgIpc) is 2.63. The monoisotopic (exact) mass is 361 g/mol. The second kappa shape index (κ2) is 7.27. The largest absolute Gasteiger partial charge is 0.475 e. The molecule has 25 heavy (non-hydrogen) atoms. The van der Waals surface area contributed by atoms with Crippen molar-refractivity contribution in [2.24, 2.45) is 0 Å². The first-order valence-corrected chi connectivity index (χ1v) is 8.48. The Kier molecular flexibility index (Phi) is 5.08. The first kappa shape index (κ1) is 17.5. The van der Waals surface area contributed by atoms with E-state index in [-0.39, 0.29) is 5.97 Å². The lowest BCUT2D eigenvalue weighted by molar-refractivity contribution is -0.161. The molecule has 0 bridgehead atoms. The molecule has 1 fully saturated rings. The zero-order valence-corrected chi connectivity index (χ0v) is 15.0. The van der Waals surface area contributed by atoms with Crippen LogP contribution < -0.4 is 9.64 Å². The van der Waals surface area contributed by atoms with Crippen LogP contribution in [0.25, 0.3) is 0 Å². The van der Waals surface area contributed by atoms with E-state index >= 15 is 0 Å². The van der Waals surface area contributed by atoms with Crippen molar-refractivity contribution < 1.29 is 14.3 Å². The number of halogens is 1. The average molecular weight is 362 g/mol. The fourth-order valence-corrected chi connectivity index (χ4v) is 3.20. The van der Waals surface area contributed by atoms with Gasteiger partial charge < -0.3 is 14.4 Å².